The molecule has 2 aromatic rings. The number of urea groups is 1. The highest BCUT2D eigenvalue weighted by Gasteiger charge is 2.15. The number of benzene rings is 1. The Morgan fingerprint density at radius 1 is 1.08 bits per heavy atom. The molecule has 1 saturated heterocycles. The van der Waals surface area contributed by atoms with Gasteiger partial charge in [-0.1, -0.05) is 24.3 Å². The fourth-order valence-electron chi connectivity index (χ4n) is 3.49. The minimum Gasteiger partial charge on any atom is -0.354 e. The average Bonchev–Trinajstić information content (AvgIpc) is 3.34. The summed E-state index contributed by atoms with van der Waals surface area (Å²) >= 11 is 0. The molecule has 0 radical (unpaired) electrons. The van der Waals surface area contributed by atoms with E-state index in [0.717, 1.165) is 19.5 Å². The monoisotopic (exact) mass is 354 g/mol. The molecular weight excluding hydrogens is 324 g/mol. The molecule has 1 fully saturated rings. The number of amides is 2. The molecule has 0 aliphatic carbocycles. The van der Waals surface area contributed by atoms with Gasteiger partial charge in [0.1, 0.15) is 0 Å². The first-order chi connectivity index (χ1) is 12.7. The number of hydrogen-bond donors (Lipinski definition) is 1. The minimum atomic E-state index is -0.00604. The highest BCUT2D eigenvalue weighted by molar-refractivity contribution is 5.73. The molecule has 1 N–H and O–H groups in total. The summed E-state index contributed by atoms with van der Waals surface area (Å²) in [6, 6.07) is 12.5. The van der Waals surface area contributed by atoms with Crippen LogP contribution in [0.4, 0.5) is 4.79 Å². The van der Waals surface area contributed by atoms with Gasteiger partial charge in [0.15, 0.2) is 0 Å². The highest BCUT2D eigenvalue weighted by Crippen LogP contribution is 2.17. The van der Waals surface area contributed by atoms with Crippen molar-refractivity contribution >= 4 is 6.03 Å². The molecule has 3 rings (SSSR count). The van der Waals surface area contributed by atoms with Gasteiger partial charge in [0.2, 0.25) is 0 Å². The maximum atomic E-state index is 12.4. The Bertz CT molecular complexity index is 677. The summed E-state index contributed by atoms with van der Waals surface area (Å²) in [4.78, 5) is 16.6. The molecular formula is C21H30N4O. The summed E-state index contributed by atoms with van der Waals surface area (Å²) in [5, 5.41) is 3.02. The second kappa shape index (κ2) is 9.43. The van der Waals surface area contributed by atoms with E-state index in [0.29, 0.717) is 13.1 Å². The molecule has 5 heteroatoms. The third-order valence-corrected chi connectivity index (χ3v) is 5.00. The Hall–Kier alpha value is -2.27. The molecule has 0 unspecified atom stereocenters. The van der Waals surface area contributed by atoms with Gasteiger partial charge in [-0.15, -0.1) is 0 Å². The Morgan fingerprint density at radius 3 is 2.50 bits per heavy atom. The van der Waals surface area contributed by atoms with Crippen LogP contribution in [-0.4, -0.2) is 47.1 Å². The van der Waals surface area contributed by atoms with Crippen molar-refractivity contribution in [3.63, 3.8) is 0 Å². The lowest BCUT2D eigenvalue weighted by Crippen LogP contribution is -2.37. The molecule has 0 spiro atoms. The number of hydrogen-bond acceptors (Lipinski definition) is 2. The van der Waals surface area contributed by atoms with E-state index >= 15 is 0 Å². The third-order valence-electron chi connectivity index (χ3n) is 5.00. The lowest BCUT2D eigenvalue weighted by Gasteiger charge is -2.22. The van der Waals surface area contributed by atoms with E-state index in [1.54, 1.807) is 4.90 Å². The number of carbonyl (C=O) groups is 1. The van der Waals surface area contributed by atoms with Crippen molar-refractivity contribution in [2.75, 3.05) is 26.7 Å². The molecule has 2 heterocycles. The van der Waals surface area contributed by atoms with Crippen molar-refractivity contribution in [1.82, 2.24) is 19.7 Å². The maximum absolute atomic E-state index is 12.4. The van der Waals surface area contributed by atoms with Gasteiger partial charge in [0.25, 0.3) is 0 Å². The summed E-state index contributed by atoms with van der Waals surface area (Å²) in [6.45, 7) is 5.63. The molecule has 2 amide bonds. The first kappa shape index (κ1) is 18.5. The molecule has 0 bridgehead atoms. The Morgan fingerprint density at radius 2 is 1.77 bits per heavy atom. The normalized spacial score (nSPS) is 14.5. The summed E-state index contributed by atoms with van der Waals surface area (Å²) < 4.78 is 2.13. The number of aryl methyl sites for hydroxylation is 1. The van der Waals surface area contributed by atoms with Crippen LogP contribution in [0.15, 0.2) is 48.8 Å². The zero-order valence-electron chi connectivity index (χ0n) is 15.7. The number of nitrogens with one attached hydrogen (secondary N) is 1. The SMILES string of the molecule is CN(Cc1ccccc1CN1CCCC1)C(=O)NCCCn1cccc1. The lowest BCUT2D eigenvalue weighted by atomic mass is 10.1. The Labute approximate surface area is 156 Å². The molecule has 140 valence electrons. The number of carbonyl (C=O) groups excluding carboxylic acids is 1. The van der Waals surface area contributed by atoms with E-state index in [1.807, 2.05) is 31.6 Å². The number of rotatable bonds is 8. The van der Waals surface area contributed by atoms with Crippen LogP contribution in [0.3, 0.4) is 0 Å². The van der Waals surface area contributed by atoms with Crippen LogP contribution in [0.2, 0.25) is 0 Å². The van der Waals surface area contributed by atoms with Crippen molar-refractivity contribution in [1.29, 1.82) is 0 Å². The van der Waals surface area contributed by atoms with Crippen LogP contribution in [0.25, 0.3) is 0 Å². The third kappa shape index (κ3) is 5.36. The van der Waals surface area contributed by atoms with E-state index in [-0.39, 0.29) is 6.03 Å². The van der Waals surface area contributed by atoms with E-state index in [4.69, 9.17) is 0 Å². The van der Waals surface area contributed by atoms with Crippen LogP contribution in [0.1, 0.15) is 30.4 Å². The van der Waals surface area contributed by atoms with Crippen LogP contribution >= 0.6 is 0 Å². The quantitative estimate of drug-likeness (QED) is 0.739. The van der Waals surface area contributed by atoms with Gasteiger partial charge in [0, 0.05) is 45.6 Å². The highest BCUT2D eigenvalue weighted by atomic mass is 16.2. The maximum Gasteiger partial charge on any atom is 0.317 e. The van der Waals surface area contributed by atoms with Crippen LogP contribution in [-0.2, 0) is 19.6 Å². The molecule has 5 nitrogen and oxygen atoms in total. The van der Waals surface area contributed by atoms with Crippen LogP contribution in [0.5, 0.6) is 0 Å². The molecule has 0 atom stereocenters. The molecule has 1 aliphatic rings. The summed E-state index contributed by atoms with van der Waals surface area (Å²) in [5.41, 5.74) is 2.58. The Kier molecular flexibility index (Phi) is 6.72. The van der Waals surface area contributed by atoms with Crippen molar-refractivity contribution in [2.24, 2.45) is 0 Å². The summed E-state index contributed by atoms with van der Waals surface area (Å²) in [7, 11) is 1.87. The first-order valence-corrected chi connectivity index (χ1v) is 9.61. The predicted octanol–water partition coefficient (Wildman–Crippen LogP) is 3.32. The Balaban J connectivity index is 1.45. The van der Waals surface area contributed by atoms with Crippen molar-refractivity contribution in [3.8, 4) is 0 Å². The van der Waals surface area contributed by atoms with Gasteiger partial charge < -0.3 is 14.8 Å². The van der Waals surface area contributed by atoms with Crippen molar-refractivity contribution in [3.05, 3.63) is 59.9 Å². The lowest BCUT2D eigenvalue weighted by molar-refractivity contribution is 0.206. The van der Waals surface area contributed by atoms with Crippen molar-refractivity contribution in [2.45, 2.75) is 38.9 Å². The van der Waals surface area contributed by atoms with Gasteiger partial charge in [-0.25, -0.2) is 4.79 Å². The van der Waals surface area contributed by atoms with Gasteiger partial charge in [-0.3, -0.25) is 4.90 Å². The predicted molar refractivity (Wildman–Crippen MR) is 105 cm³/mol. The van der Waals surface area contributed by atoms with E-state index in [2.05, 4.69) is 39.0 Å². The van der Waals surface area contributed by atoms with Gasteiger partial charge in [-0.05, 0) is 55.6 Å². The van der Waals surface area contributed by atoms with E-state index in [1.165, 1.54) is 37.1 Å². The largest absolute Gasteiger partial charge is 0.354 e. The zero-order valence-corrected chi connectivity index (χ0v) is 15.7. The van der Waals surface area contributed by atoms with Gasteiger partial charge in [0.05, 0.1) is 0 Å². The fraction of sp³-hybridized carbons (Fsp3) is 0.476. The second-order valence-electron chi connectivity index (χ2n) is 7.11. The van der Waals surface area contributed by atoms with Crippen molar-refractivity contribution < 1.29 is 4.79 Å². The molecule has 1 aromatic heterocycles. The smallest absolute Gasteiger partial charge is 0.317 e. The number of aromatic nitrogens is 1. The average molecular weight is 354 g/mol. The molecule has 26 heavy (non-hydrogen) atoms. The van der Waals surface area contributed by atoms with Crippen LogP contribution < -0.4 is 5.32 Å². The van der Waals surface area contributed by atoms with Gasteiger partial charge in [-0.2, -0.15) is 0 Å². The molecule has 0 saturated carbocycles. The van der Waals surface area contributed by atoms with E-state index < -0.39 is 0 Å². The topological polar surface area (TPSA) is 40.5 Å². The zero-order chi connectivity index (χ0) is 18.2. The standard InChI is InChI=1S/C21H30N4O/c1-23(21(26)22-11-8-16-24-12-4-5-13-24)17-19-9-2-3-10-20(19)18-25-14-6-7-15-25/h2-5,9-10,12-13H,6-8,11,14-18H2,1H3,(H,22,26). The van der Waals surface area contributed by atoms with E-state index in [9.17, 15) is 4.79 Å². The number of nitrogens with zero attached hydrogens (tertiary/aromatic N) is 3. The van der Waals surface area contributed by atoms with Crippen LogP contribution in [0, 0.1) is 0 Å². The fourth-order valence-corrected chi connectivity index (χ4v) is 3.49. The number of likely N-dealkylation sites (tertiary alicyclic amines) is 1. The molecule has 1 aliphatic heterocycles. The second-order valence-corrected chi connectivity index (χ2v) is 7.11. The first-order valence-electron chi connectivity index (χ1n) is 9.61. The minimum absolute atomic E-state index is 0.00604. The summed E-state index contributed by atoms with van der Waals surface area (Å²) in [6.07, 6.45) is 7.62. The molecule has 1 aromatic carbocycles. The summed E-state index contributed by atoms with van der Waals surface area (Å²) in [5.74, 6) is 0. The van der Waals surface area contributed by atoms with Gasteiger partial charge >= 0.3 is 6.03 Å².